The fraction of sp³-hybridized carbons (Fsp3) is 0.267. The smallest absolute Gasteiger partial charge is 0.279 e. The van der Waals surface area contributed by atoms with Crippen LogP contribution in [0.25, 0.3) is 0 Å². The zero-order chi connectivity index (χ0) is 15.2. The molecule has 0 spiro atoms. The summed E-state index contributed by atoms with van der Waals surface area (Å²) in [5.41, 5.74) is -0.380. The van der Waals surface area contributed by atoms with Crippen molar-refractivity contribution in [2.24, 2.45) is 0 Å². The van der Waals surface area contributed by atoms with E-state index in [1.54, 1.807) is 11.3 Å². The van der Waals surface area contributed by atoms with Crippen LogP contribution in [0.4, 0.5) is 14.5 Å². The van der Waals surface area contributed by atoms with Gasteiger partial charge in [-0.15, -0.1) is 11.3 Å². The van der Waals surface area contributed by atoms with Crippen molar-refractivity contribution in [3.05, 3.63) is 52.2 Å². The van der Waals surface area contributed by atoms with E-state index in [-0.39, 0.29) is 12.2 Å². The second-order valence-corrected chi connectivity index (χ2v) is 5.71. The zero-order valence-corrected chi connectivity index (χ0v) is 12.5. The molecule has 2 N–H and O–H groups in total. The summed E-state index contributed by atoms with van der Waals surface area (Å²) < 4.78 is 27.0. The molecule has 1 aromatic carbocycles. The molecule has 1 unspecified atom stereocenters. The lowest BCUT2D eigenvalue weighted by Gasteiger charge is -2.16. The zero-order valence-electron chi connectivity index (χ0n) is 11.7. The van der Waals surface area contributed by atoms with E-state index in [0.29, 0.717) is 0 Å². The van der Waals surface area contributed by atoms with Gasteiger partial charge in [-0.25, -0.2) is 8.78 Å². The van der Waals surface area contributed by atoms with E-state index in [1.807, 2.05) is 24.4 Å². The Kier molecular flexibility index (Phi) is 5.41. The molecule has 1 atom stereocenters. The fourth-order valence-electron chi connectivity index (χ4n) is 2.00. The van der Waals surface area contributed by atoms with Crippen molar-refractivity contribution >= 4 is 22.9 Å². The van der Waals surface area contributed by atoms with Crippen molar-refractivity contribution < 1.29 is 18.5 Å². The molecular weight excluding hydrogens is 294 g/mol. The number of hydrogen-bond acceptors (Lipinski definition) is 2. The molecule has 1 amide bonds. The first-order valence-corrected chi connectivity index (χ1v) is 7.58. The van der Waals surface area contributed by atoms with Gasteiger partial charge in [0.15, 0.2) is 6.54 Å². The van der Waals surface area contributed by atoms with E-state index in [4.69, 9.17) is 0 Å². The summed E-state index contributed by atoms with van der Waals surface area (Å²) in [5, 5.41) is 4.30. The molecule has 3 nitrogen and oxygen atoms in total. The molecule has 112 valence electrons. The maximum absolute atomic E-state index is 13.5. The molecule has 1 heterocycles. The number of halogens is 2. The summed E-state index contributed by atoms with van der Waals surface area (Å²) >= 11 is 1.63. The lowest BCUT2D eigenvalue weighted by molar-refractivity contribution is -0.903. The number of carbonyl (C=O) groups is 1. The molecule has 0 saturated carbocycles. The number of anilines is 1. The van der Waals surface area contributed by atoms with E-state index < -0.39 is 17.5 Å². The summed E-state index contributed by atoms with van der Waals surface area (Å²) in [6.07, 6.45) is 0. The number of para-hydroxylation sites is 1. The van der Waals surface area contributed by atoms with Crippen molar-refractivity contribution in [2.75, 3.05) is 18.4 Å². The lowest BCUT2D eigenvalue weighted by Crippen LogP contribution is -3.11. The Bertz CT molecular complexity index is 581. The van der Waals surface area contributed by atoms with Gasteiger partial charge in [0.25, 0.3) is 5.91 Å². The normalized spacial score (nSPS) is 12.1. The molecular formula is C15H17F2N2OS+. The van der Waals surface area contributed by atoms with Gasteiger partial charge < -0.3 is 10.2 Å². The van der Waals surface area contributed by atoms with Crippen LogP contribution in [0.3, 0.4) is 0 Å². The molecule has 2 aromatic rings. The topological polar surface area (TPSA) is 33.5 Å². The van der Waals surface area contributed by atoms with E-state index >= 15 is 0 Å². The molecule has 6 heteroatoms. The molecule has 1 aromatic heterocycles. The van der Waals surface area contributed by atoms with Crippen LogP contribution in [0.1, 0.15) is 11.8 Å². The molecule has 2 rings (SSSR count). The Morgan fingerprint density at radius 1 is 1.24 bits per heavy atom. The third-order valence-corrected chi connectivity index (χ3v) is 4.02. The number of thiophene rings is 1. The van der Waals surface area contributed by atoms with Gasteiger partial charge in [-0.3, -0.25) is 4.79 Å². The number of rotatable bonds is 6. The van der Waals surface area contributed by atoms with E-state index in [1.165, 1.54) is 10.9 Å². The molecule has 21 heavy (non-hydrogen) atoms. The third kappa shape index (κ3) is 4.34. The SMILES string of the molecule is CC[NH+](CC(=O)Nc1c(F)cccc1F)Cc1cccs1. The Labute approximate surface area is 126 Å². The highest BCUT2D eigenvalue weighted by molar-refractivity contribution is 7.09. The second kappa shape index (κ2) is 7.28. The summed E-state index contributed by atoms with van der Waals surface area (Å²) in [6.45, 7) is 3.62. The van der Waals surface area contributed by atoms with Crippen LogP contribution < -0.4 is 10.2 Å². The molecule has 0 aliphatic rings. The molecule has 0 bridgehead atoms. The first kappa shape index (κ1) is 15.6. The average Bonchev–Trinajstić information content (AvgIpc) is 2.95. The highest BCUT2D eigenvalue weighted by Crippen LogP contribution is 2.17. The Morgan fingerprint density at radius 3 is 2.52 bits per heavy atom. The van der Waals surface area contributed by atoms with Crippen LogP contribution in [-0.2, 0) is 11.3 Å². The van der Waals surface area contributed by atoms with Crippen LogP contribution in [-0.4, -0.2) is 19.0 Å². The highest BCUT2D eigenvalue weighted by Gasteiger charge is 2.17. The van der Waals surface area contributed by atoms with Crippen LogP contribution in [0.2, 0.25) is 0 Å². The van der Waals surface area contributed by atoms with E-state index in [0.717, 1.165) is 30.1 Å². The van der Waals surface area contributed by atoms with Gasteiger partial charge in [-0.2, -0.15) is 0 Å². The van der Waals surface area contributed by atoms with Gasteiger partial charge in [0.1, 0.15) is 23.9 Å². The second-order valence-electron chi connectivity index (χ2n) is 4.68. The average molecular weight is 311 g/mol. The summed E-state index contributed by atoms with van der Waals surface area (Å²) in [4.78, 5) is 14.2. The number of quaternary nitrogens is 1. The minimum atomic E-state index is -0.764. The molecule has 0 aliphatic heterocycles. The number of carbonyl (C=O) groups excluding carboxylic acids is 1. The van der Waals surface area contributed by atoms with Crippen LogP contribution in [0.5, 0.6) is 0 Å². The quantitative estimate of drug-likeness (QED) is 0.841. The van der Waals surface area contributed by atoms with Crippen molar-refractivity contribution in [3.8, 4) is 0 Å². The molecule has 0 radical (unpaired) electrons. The predicted octanol–water partition coefficient (Wildman–Crippen LogP) is 2.07. The molecule has 0 saturated heterocycles. The number of benzene rings is 1. The third-order valence-electron chi connectivity index (χ3n) is 3.14. The van der Waals surface area contributed by atoms with E-state index in [2.05, 4.69) is 5.32 Å². The van der Waals surface area contributed by atoms with Crippen LogP contribution >= 0.6 is 11.3 Å². The van der Waals surface area contributed by atoms with Crippen molar-refractivity contribution in [1.29, 1.82) is 0 Å². The lowest BCUT2D eigenvalue weighted by atomic mass is 10.3. The fourth-order valence-corrected chi connectivity index (χ4v) is 2.78. The van der Waals surface area contributed by atoms with Crippen molar-refractivity contribution in [3.63, 3.8) is 0 Å². The number of nitrogens with one attached hydrogen (secondary N) is 2. The van der Waals surface area contributed by atoms with Crippen LogP contribution in [0.15, 0.2) is 35.7 Å². The first-order chi connectivity index (χ1) is 10.1. The maximum Gasteiger partial charge on any atom is 0.279 e. The number of amides is 1. The van der Waals surface area contributed by atoms with Gasteiger partial charge in [0, 0.05) is 0 Å². The minimum Gasteiger partial charge on any atom is -0.323 e. The van der Waals surface area contributed by atoms with Crippen molar-refractivity contribution in [2.45, 2.75) is 13.5 Å². The monoisotopic (exact) mass is 311 g/mol. The summed E-state index contributed by atoms with van der Waals surface area (Å²) in [5.74, 6) is -1.92. The van der Waals surface area contributed by atoms with E-state index in [9.17, 15) is 13.6 Å². The van der Waals surface area contributed by atoms with Gasteiger partial charge in [-0.1, -0.05) is 12.1 Å². The van der Waals surface area contributed by atoms with Gasteiger partial charge in [0.2, 0.25) is 0 Å². The molecule has 0 fully saturated rings. The highest BCUT2D eigenvalue weighted by atomic mass is 32.1. The Morgan fingerprint density at radius 2 is 1.95 bits per heavy atom. The minimum absolute atomic E-state index is 0.169. The van der Waals surface area contributed by atoms with Crippen molar-refractivity contribution in [1.82, 2.24) is 0 Å². The Balaban J connectivity index is 1.97. The summed E-state index contributed by atoms with van der Waals surface area (Å²) in [7, 11) is 0. The van der Waals surface area contributed by atoms with Gasteiger partial charge in [-0.05, 0) is 30.5 Å². The summed E-state index contributed by atoms with van der Waals surface area (Å²) in [6, 6.07) is 7.47. The van der Waals surface area contributed by atoms with Gasteiger partial charge in [0.05, 0.1) is 11.4 Å². The molecule has 0 aliphatic carbocycles. The number of hydrogen-bond donors (Lipinski definition) is 2. The Hall–Kier alpha value is -1.79. The predicted molar refractivity (Wildman–Crippen MR) is 79.4 cm³/mol. The maximum atomic E-state index is 13.5. The van der Waals surface area contributed by atoms with Crippen LogP contribution in [0, 0.1) is 11.6 Å². The standard InChI is InChI=1S/C15H16F2N2OS/c1-2-19(9-11-5-4-8-21-11)10-14(20)18-15-12(16)6-3-7-13(15)17/h3-8H,2,9-10H2,1H3,(H,18,20)/p+1. The number of likely N-dealkylation sites (N-methyl/N-ethyl adjacent to an activating group) is 1. The first-order valence-electron chi connectivity index (χ1n) is 6.70. The largest absolute Gasteiger partial charge is 0.323 e. The van der Waals surface area contributed by atoms with Gasteiger partial charge >= 0.3 is 0 Å².